The average Bonchev–Trinajstić information content (AvgIpc) is 2.82. The first kappa shape index (κ1) is 26.2. The van der Waals surface area contributed by atoms with Crippen molar-refractivity contribution in [2.24, 2.45) is 16.5 Å². The van der Waals surface area contributed by atoms with Gasteiger partial charge in [-0.05, 0) is 37.7 Å². The van der Waals surface area contributed by atoms with Gasteiger partial charge in [-0.3, -0.25) is 9.79 Å². The lowest BCUT2D eigenvalue weighted by molar-refractivity contribution is -0.134. The lowest BCUT2D eigenvalue weighted by Gasteiger charge is -2.38. The van der Waals surface area contributed by atoms with E-state index in [0.29, 0.717) is 18.4 Å². The summed E-state index contributed by atoms with van der Waals surface area (Å²) in [5.41, 5.74) is 12.1. The summed E-state index contributed by atoms with van der Waals surface area (Å²) < 4.78 is 0. The quantitative estimate of drug-likeness (QED) is 0.244. The Morgan fingerprint density at radius 1 is 1.00 bits per heavy atom. The summed E-state index contributed by atoms with van der Waals surface area (Å²) in [7, 11) is 0. The molecule has 1 aromatic carbocycles. The van der Waals surface area contributed by atoms with Gasteiger partial charge in [-0.2, -0.15) is 0 Å². The summed E-state index contributed by atoms with van der Waals surface area (Å²) in [5.74, 6) is 0.515. The fraction of sp³-hybridized carbons (Fsp3) is 0.692. The summed E-state index contributed by atoms with van der Waals surface area (Å²) >= 11 is 0. The number of aliphatic imine (C=N–C) groups is 1. The smallest absolute Gasteiger partial charge is 0.222 e. The van der Waals surface area contributed by atoms with Gasteiger partial charge in [0.1, 0.15) is 0 Å². The lowest BCUT2D eigenvalue weighted by Crippen LogP contribution is -2.48. The molecule has 6 nitrogen and oxygen atoms in total. The molecule has 0 aromatic heterocycles. The van der Waals surface area contributed by atoms with Crippen LogP contribution >= 0.6 is 0 Å². The molecule has 32 heavy (non-hydrogen) atoms. The van der Waals surface area contributed by atoms with E-state index in [1.165, 1.54) is 37.7 Å². The van der Waals surface area contributed by atoms with E-state index in [2.05, 4.69) is 45.1 Å². The Kier molecular flexibility index (Phi) is 12.8. The predicted octanol–water partition coefficient (Wildman–Crippen LogP) is 3.94. The fourth-order valence-electron chi connectivity index (χ4n) is 4.59. The molecule has 1 saturated heterocycles. The van der Waals surface area contributed by atoms with Crippen LogP contribution in [0.5, 0.6) is 0 Å². The number of amides is 1. The predicted molar refractivity (Wildman–Crippen MR) is 135 cm³/mol. The van der Waals surface area contributed by atoms with Crippen LogP contribution in [0, 0.1) is 0 Å². The molecule has 0 aliphatic carbocycles. The van der Waals surface area contributed by atoms with Gasteiger partial charge in [-0.15, -0.1) is 0 Å². The minimum atomic E-state index is 0.189. The van der Waals surface area contributed by atoms with Crippen molar-refractivity contribution in [3.63, 3.8) is 0 Å². The number of carbonyl (C=O) groups is 1. The second-order valence-electron chi connectivity index (χ2n) is 9.03. The molecule has 1 heterocycles. The Hall–Kier alpha value is -2.08. The highest BCUT2D eigenvalue weighted by molar-refractivity contribution is 5.76. The van der Waals surface area contributed by atoms with Gasteiger partial charge >= 0.3 is 0 Å². The first-order valence-corrected chi connectivity index (χ1v) is 12.7. The van der Waals surface area contributed by atoms with Crippen molar-refractivity contribution in [1.29, 1.82) is 0 Å². The van der Waals surface area contributed by atoms with Crippen LogP contribution in [0.2, 0.25) is 0 Å². The van der Waals surface area contributed by atoms with Gasteiger partial charge in [0.15, 0.2) is 5.96 Å². The maximum atomic E-state index is 12.6. The van der Waals surface area contributed by atoms with Crippen molar-refractivity contribution in [2.45, 2.75) is 83.6 Å². The van der Waals surface area contributed by atoms with Crippen LogP contribution in [0.3, 0.4) is 0 Å². The summed E-state index contributed by atoms with van der Waals surface area (Å²) in [4.78, 5) is 21.4. The number of rotatable bonds is 15. The molecule has 4 N–H and O–H groups in total. The third-order valence-corrected chi connectivity index (χ3v) is 6.53. The van der Waals surface area contributed by atoms with E-state index < -0.39 is 0 Å². The zero-order chi connectivity index (χ0) is 23.0. The van der Waals surface area contributed by atoms with Gasteiger partial charge in [0, 0.05) is 45.2 Å². The summed E-state index contributed by atoms with van der Waals surface area (Å²) in [6, 6.07) is 11.1. The number of nitrogens with two attached hydrogens (primary N) is 2. The Morgan fingerprint density at radius 2 is 1.62 bits per heavy atom. The molecular formula is C26H45N5O. The number of likely N-dealkylation sites (tertiary alicyclic amines) is 1. The average molecular weight is 444 g/mol. The molecule has 1 fully saturated rings. The van der Waals surface area contributed by atoms with Crippen LogP contribution in [0.15, 0.2) is 35.3 Å². The molecule has 0 spiro atoms. The zero-order valence-electron chi connectivity index (χ0n) is 20.2. The van der Waals surface area contributed by atoms with Crippen molar-refractivity contribution < 1.29 is 4.79 Å². The Balaban J connectivity index is 1.60. The van der Waals surface area contributed by atoms with Crippen molar-refractivity contribution in [3.05, 3.63) is 35.9 Å². The number of hydrogen-bond acceptors (Lipinski definition) is 3. The van der Waals surface area contributed by atoms with Crippen LogP contribution in [0.1, 0.15) is 76.7 Å². The van der Waals surface area contributed by atoms with Gasteiger partial charge in [0.2, 0.25) is 5.91 Å². The summed E-state index contributed by atoms with van der Waals surface area (Å²) in [6.45, 7) is 6.97. The molecule has 0 atom stereocenters. The number of nitrogens with zero attached hydrogens (tertiary/aromatic N) is 3. The van der Waals surface area contributed by atoms with Crippen LogP contribution in [-0.4, -0.2) is 60.4 Å². The second kappa shape index (κ2) is 15.7. The fourth-order valence-corrected chi connectivity index (χ4v) is 4.59. The van der Waals surface area contributed by atoms with Crippen molar-refractivity contribution >= 4 is 11.9 Å². The van der Waals surface area contributed by atoms with Crippen LogP contribution in [0.4, 0.5) is 0 Å². The van der Waals surface area contributed by atoms with E-state index in [-0.39, 0.29) is 5.96 Å². The molecule has 1 aliphatic heterocycles. The zero-order valence-corrected chi connectivity index (χ0v) is 20.2. The van der Waals surface area contributed by atoms with E-state index in [0.717, 1.165) is 64.8 Å². The van der Waals surface area contributed by atoms with Crippen molar-refractivity contribution in [3.8, 4) is 0 Å². The number of guanidine groups is 1. The minimum Gasteiger partial charge on any atom is -0.370 e. The molecular weight excluding hydrogens is 398 g/mol. The third kappa shape index (κ3) is 10.5. The monoisotopic (exact) mass is 443 g/mol. The van der Waals surface area contributed by atoms with Crippen molar-refractivity contribution in [1.82, 2.24) is 9.80 Å². The summed E-state index contributed by atoms with van der Waals surface area (Å²) in [5, 5.41) is 0. The second-order valence-corrected chi connectivity index (χ2v) is 9.03. The molecule has 0 saturated carbocycles. The molecule has 180 valence electrons. The molecule has 0 bridgehead atoms. The number of hydrogen-bond donors (Lipinski definition) is 2. The van der Waals surface area contributed by atoms with E-state index in [9.17, 15) is 4.79 Å². The maximum Gasteiger partial charge on any atom is 0.222 e. The molecule has 1 aliphatic rings. The van der Waals surface area contributed by atoms with Crippen LogP contribution in [0.25, 0.3) is 0 Å². The lowest BCUT2D eigenvalue weighted by atomic mass is 10.0. The Morgan fingerprint density at radius 3 is 2.25 bits per heavy atom. The highest BCUT2D eigenvalue weighted by Gasteiger charge is 2.26. The molecule has 2 rings (SSSR count). The SMILES string of the molecule is CCC(=O)N(CCCCCCCCCN=C(N)N)C1CCN(CCc2ccccc2)CC1. The number of benzene rings is 1. The summed E-state index contributed by atoms with van der Waals surface area (Å²) in [6.07, 6.45) is 12.2. The van der Waals surface area contributed by atoms with E-state index in [1.54, 1.807) is 0 Å². The topological polar surface area (TPSA) is 87.9 Å². The molecule has 6 heteroatoms. The van der Waals surface area contributed by atoms with Gasteiger partial charge in [-0.1, -0.05) is 69.4 Å². The van der Waals surface area contributed by atoms with Gasteiger partial charge in [0.25, 0.3) is 0 Å². The molecule has 1 aromatic rings. The third-order valence-electron chi connectivity index (χ3n) is 6.53. The first-order valence-electron chi connectivity index (χ1n) is 12.7. The molecule has 1 amide bonds. The minimum absolute atomic E-state index is 0.189. The first-order chi connectivity index (χ1) is 15.6. The standard InChI is InChI=1S/C26H45N5O/c1-2-25(32)31(19-12-7-5-3-4-6-11-18-29-26(27)28)24-16-21-30(22-17-24)20-15-23-13-9-8-10-14-23/h8-10,13-14,24H,2-7,11-12,15-22H2,1H3,(H4,27,28,29). The van der Waals surface area contributed by atoms with Gasteiger partial charge in [0.05, 0.1) is 0 Å². The van der Waals surface area contributed by atoms with Crippen molar-refractivity contribution in [2.75, 3.05) is 32.7 Å². The van der Waals surface area contributed by atoms with Crippen LogP contribution in [-0.2, 0) is 11.2 Å². The highest BCUT2D eigenvalue weighted by Crippen LogP contribution is 2.19. The molecule has 0 unspecified atom stereocenters. The number of unbranched alkanes of at least 4 members (excludes halogenated alkanes) is 6. The number of piperidine rings is 1. The maximum absolute atomic E-state index is 12.6. The molecule has 0 radical (unpaired) electrons. The van der Waals surface area contributed by atoms with Crippen LogP contribution < -0.4 is 11.5 Å². The van der Waals surface area contributed by atoms with E-state index >= 15 is 0 Å². The largest absolute Gasteiger partial charge is 0.370 e. The van der Waals surface area contributed by atoms with Gasteiger partial charge < -0.3 is 21.3 Å². The van der Waals surface area contributed by atoms with E-state index in [1.807, 2.05) is 6.92 Å². The normalized spacial score (nSPS) is 14.9. The van der Waals surface area contributed by atoms with E-state index in [4.69, 9.17) is 11.5 Å². The number of carbonyl (C=O) groups excluding carboxylic acids is 1. The Labute approximate surface area is 195 Å². The van der Waals surface area contributed by atoms with Gasteiger partial charge in [-0.25, -0.2) is 0 Å². The highest BCUT2D eigenvalue weighted by atomic mass is 16.2. The Bertz CT molecular complexity index is 651.